The second-order valence-corrected chi connectivity index (χ2v) is 15.9. The standard InChI is InChI=1S/C57H34O2/c1-3-15-39(16-4-1)57(40-17-5-2-6-18-40)50-33-38(42-21-12-24-53-55(42)49-31-35-13-7-8-14-36(35)34-54(49)59-53)25-27-44(50)47-29-28-43-41(20-11-22-46(43)56(47)57)37-26-30-52-48(32-37)45-19-9-10-23-51(45)58-52/h1-34H. The first-order valence-corrected chi connectivity index (χ1v) is 20.3. The summed E-state index contributed by atoms with van der Waals surface area (Å²) in [6.45, 7) is 0. The van der Waals surface area contributed by atoms with E-state index in [0.29, 0.717) is 0 Å². The van der Waals surface area contributed by atoms with Gasteiger partial charge in [0.2, 0.25) is 0 Å². The van der Waals surface area contributed by atoms with Gasteiger partial charge in [-0.2, -0.15) is 0 Å². The molecule has 2 nitrogen and oxygen atoms in total. The van der Waals surface area contributed by atoms with Crippen molar-refractivity contribution in [3.05, 3.63) is 229 Å². The summed E-state index contributed by atoms with van der Waals surface area (Å²) in [5.41, 5.74) is 15.3. The van der Waals surface area contributed by atoms with Crippen LogP contribution >= 0.6 is 0 Å². The van der Waals surface area contributed by atoms with Gasteiger partial charge in [0.15, 0.2) is 0 Å². The summed E-state index contributed by atoms with van der Waals surface area (Å²) in [5, 5.41) is 9.41. The third-order valence-electron chi connectivity index (χ3n) is 12.9. The van der Waals surface area contributed by atoms with Crippen LogP contribution in [0.15, 0.2) is 215 Å². The quantitative estimate of drug-likeness (QED) is 0.179. The molecule has 0 radical (unpaired) electrons. The highest BCUT2D eigenvalue weighted by Gasteiger charge is 2.47. The molecule has 1 aliphatic rings. The van der Waals surface area contributed by atoms with Crippen molar-refractivity contribution in [1.29, 1.82) is 0 Å². The lowest BCUT2D eigenvalue weighted by molar-refractivity contribution is 0.669. The highest BCUT2D eigenvalue weighted by atomic mass is 16.3. The predicted octanol–water partition coefficient (Wildman–Crippen LogP) is 15.5. The van der Waals surface area contributed by atoms with Gasteiger partial charge >= 0.3 is 0 Å². The maximum atomic E-state index is 6.58. The van der Waals surface area contributed by atoms with E-state index >= 15 is 0 Å². The number of rotatable bonds is 4. The molecule has 2 heterocycles. The first-order valence-electron chi connectivity index (χ1n) is 20.3. The minimum Gasteiger partial charge on any atom is -0.456 e. The molecule has 2 heteroatoms. The Morgan fingerprint density at radius 3 is 1.75 bits per heavy atom. The second kappa shape index (κ2) is 12.2. The van der Waals surface area contributed by atoms with E-state index in [1.807, 2.05) is 12.1 Å². The van der Waals surface area contributed by atoms with E-state index in [9.17, 15) is 0 Å². The summed E-state index contributed by atoms with van der Waals surface area (Å²) < 4.78 is 12.8. The van der Waals surface area contributed by atoms with E-state index in [4.69, 9.17) is 8.83 Å². The van der Waals surface area contributed by atoms with Crippen LogP contribution < -0.4 is 0 Å². The van der Waals surface area contributed by atoms with Crippen LogP contribution in [0.2, 0.25) is 0 Å². The SMILES string of the molecule is c1ccc(C2(c3ccccc3)c3cc(-c4cccc5oc6cc7ccccc7cc6c45)ccc3-c3ccc4c(-c5ccc6oc7ccccc7c6c5)cccc4c32)cc1. The number of para-hydroxylation sites is 1. The topological polar surface area (TPSA) is 26.3 Å². The minimum absolute atomic E-state index is 0.603. The molecule has 0 unspecified atom stereocenters. The van der Waals surface area contributed by atoms with Crippen molar-refractivity contribution >= 4 is 65.4 Å². The van der Waals surface area contributed by atoms with Crippen molar-refractivity contribution in [1.82, 2.24) is 0 Å². The molecule has 0 amide bonds. The Kier molecular flexibility index (Phi) is 6.68. The average molecular weight is 751 g/mol. The maximum Gasteiger partial charge on any atom is 0.136 e. The lowest BCUT2D eigenvalue weighted by Crippen LogP contribution is -2.29. The summed E-state index contributed by atoms with van der Waals surface area (Å²) in [6.07, 6.45) is 0. The summed E-state index contributed by atoms with van der Waals surface area (Å²) >= 11 is 0. The van der Waals surface area contributed by atoms with Crippen LogP contribution in [0.1, 0.15) is 22.3 Å². The maximum absolute atomic E-state index is 6.58. The monoisotopic (exact) mass is 750 g/mol. The number of fused-ring (bicyclic) bond motifs is 12. The van der Waals surface area contributed by atoms with Crippen LogP contribution in [0.5, 0.6) is 0 Å². The zero-order valence-corrected chi connectivity index (χ0v) is 31.9. The molecular formula is C57H34O2. The van der Waals surface area contributed by atoms with Crippen molar-refractivity contribution in [3.63, 3.8) is 0 Å². The molecular weight excluding hydrogens is 717 g/mol. The molecule has 0 bridgehead atoms. The Bertz CT molecular complexity index is 3620. The smallest absolute Gasteiger partial charge is 0.136 e. The van der Waals surface area contributed by atoms with E-state index in [-0.39, 0.29) is 0 Å². The van der Waals surface area contributed by atoms with E-state index < -0.39 is 5.41 Å². The van der Waals surface area contributed by atoms with Crippen LogP contribution in [0.25, 0.3) is 98.8 Å². The molecule has 0 saturated carbocycles. The van der Waals surface area contributed by atoms with Crippen molar-refractivity contribution in [2.45, 2.75) is 5.41 Å². The van der Waals surface area contributed by atoms with Crippen LogP contribution in [-0.4, -0.2) is 0 Å². The summed E-state index contributed by atoms with van der Waals surface area (Å²) in [5.74, 6) is 0. The molecule has 12 aromatic rings. The molecule has 0 saturated heterocycles. The van der Waals surface area contributed by atoms with E-state index in [1.165, 1.54) is 77.2 Å². The van der Waals surface area contributed by atoms with Gasteiger partial charge < -0.3 is 8.83 Å². The molecule has 13 rings (SSSR count). The number of hydrogen-bond donors (Lipinski definition) is 0. The fourth-order valence-corrected chi connectivity index (χ4v) is 10.4. The van der Waals surface area contributed by atoms with Gasteiger partial charge in [-0.05, 0) is 120 Å². The highest BCUT2D eigenvalue weighted by Crippen LogP contribution is 2.59. The average Bonchev–Trinajstić information content (AvgIpc) is 3.96. The third kappa shape index (κ3) is 4.51. The van der Waals surface area contributed by atoms with Gasteiger partial charge in [-0.15, -0.1) is 0 Å². The molecule has 0 atom stereocenters. The summed E-state index contributed by atoms with van der Waals surface area (Å²) in [4.78, 5) is 0. The van der Waals surface area contributed by atoms with Crippen LogP contribution in [0, 0.1) is 0 Å². The first-order chi connectivity index (χ1) is 29.2. The minimum atomic E-state index is -0.603. The predicted molar refractivity (Wildman–Crippen MR) is 244 cm³/mol. The molecule has 59 heavy (non-hydrogen) atoms. The lowest BCUT2D eigenvalue weighted by Gasteiger charge is -2.35. The summed E-state index contributed by atoms with van der Waals surface area (Å²) in [6, 6.07) is 75.4. The Morgan fingerprint density at radius 1 is 0.305 bits per heavy atom. The zero-order chi connectivity index (χ0) is 38.7. The molecule has 0 spiro atoms. The van der Waals surface area contributed by atoms with Gasteiger partial charge in [0.25, 0.3) is 0 Å². The van der Waals surface area contributed by atoms with Crippen molar-refractivity contribution in [2.24, 2.45) is 0 Å². The van der Waals surface area contributed by atoms with Crippen LogP contribution in [0.3, 0.4) is 0 Å². The number of furan rings is 2. The van der Waals surface area contributed by atoms with Crippen LogP contribution in [0.4, 0.5) is 0 Å². The highest BCUT2D eigenvalue weighted by molar-refractivity contribution is 6.16. The number of hydrogen-bond acceptors (Lipinski definition) is 2. The van der Waals surface area contributed by atoms with E-state index in [1.54, 1.807) is 0 Å². The normalized spacial score (nSPS) is 13.2. The second-order valence-electron chi connectivity index (χ2n) is 15.9. The Morgan fingerprint density at radius 2 is 0.915 bits per heavy atom. The van der Waals surface area contributed by atoms with Gasteiger partial charge in [0.1, 0.15) is 22.3 Å². The fraction of sp³-hybridized carbons (Fsp3) is 0.0175. The van der Waals surface area contributed by atoms with Crippen molar-refractivity contribution in [3.8, 4) is 33.4 Å². The zero-order valence-electron chi connectivity index (χ0n) is 31.9. The lowest BCUT2D eigenvalue weighted by atomic mass is 9.66. The van der Waals surface area contributed by atoms with Crippen LogP contribution in [-0.2, 0) is 5.41 Å². The Labute approximate surface area is 340 Å². The molecule has 1 aliphatic carbocycles. The molecule has 0 N–H and O–H groups in total. The van der Waals surface area contributed by atoms with Crippen molar-refractivity contribution in [2.75, 3.05) is 0 Å². The third-order valence-corrected chi connectivity index (χ3v) is 12.9. The van der Waals surface area contributed by atoms with Gasteiger partial charge in [0.05, 0.1) is 5.41 Å². The van der Waals surface area contributed by atoms with E-state index in [2.05, 4.69) is 194 Å². The number of benzene rings is 10. The van der Waals surface area contributed by atoms with Gasteiger partial charge in [0, 0.05) is 21.5 Å². The first kappa shape index (κ1) is 32.4. The van der Waals surface area contributed by atoms with Gasteiger partial charge in [-0.25, -0.2) is 0 Å². The molecule has 10 aromatic carbocycles. The molecule has 0 aliphatic heterocycles. The molecule has 274 valence electrons. The molecule has 2 aromatic heterocycles. The fourth-order valence-electron chi connectivity index (χ4n) is 10.4. The summed E-state index contributed by atoms with van der Waals surface area (Å²) in [7, 11) is 0. The van der Waals surface area contributed by atoms with Crippen molar-refractivity contribution < 1.29 is 8.83 Å². The van der Waals surface area contributed by atoms with Gasteiger partial charge in [-0.3, -0.25) is 0 Å². The van der Waals surface area contributed by atoms with E-state index in [0.717, 1.165) is 43.9 Å². The Hall–Kier alpha value is -7.68. The largest absolute Gasteiger partial charge is 0.456 e. The van der Waals surface area contributed by atoms with Gasteiger partial charge in [-0.1, -0.05) is 164 Å². The Balaban J connectivity index is 1.10. The molecule has 0 fully saturated rings.